The van der Waals surface area contributed by atoms with Crippen LogP contribution in [0.25, 0.3) is 11.4 Å². The van der Waals surface area contributed by atoms with Crippen molar-refractivity contribution in [2.75, 3.05) is 24.5 Å². The van der Waals surface area contributed by atoms with Gasteiger partial charge in [-0.2, -0.15) is 4.39 Å². The van der Waals surface area contributed by atoms with Crippen molar-refractivity contribution in [3.05, 3.63) is 39.7 Å². The molecule has 2 aromatic rings. The van der Waals surface area contributed by atoms with Gasteiger partial charge in [-0.05, 0) is 19.9 Å². The van der Waals surface area contributed by atoms with Crippen molar-refractivity contribution in [3.63, 3.8) is 0 Å². The van der Waals surface area contributed by atoms with Crippen LogP contribution in [0.2, 0.25) is 5.02 Å². The number of aromatic nitrogens is 3. The van der Waals surface area contributed by atoms with Crippen LogP contribution in [0.15, 0.2) is 23.1 Å². The van der Waals surface area contributed by atoms with E-state index in [0.717, 1.165) is 0 Å². The molecule has 0 aromatic carbocycles. The third kappa shape index (κ3) is 3.80. The molecular weight excluding hydrogens is 352 g/mol. The van der Waals surface area contributed by atoms with Gasteiger partial charge in [0.15, 0.2) is 5.82 Å². The van der Waals surface area contributed by atoms with Crippen molar-refractivity contribution in [1.29, 1.82) is 0 Å². The fraction of sp³-hybridized carbons (Fsp3) is 0.438. The third-order valence-electron chi connectivity index (χ3n) is 4.15. The molecule has 1 fully saturated rings. The maximum Gasteiger partial charge on any atom is 0.272 e. The number of nitrogens with one attached hydrogen (secondary N) is 2. The standard InChI is InChI=1S/C16H18ClF2N5O/c1-16(2,19)10-8-24(6-5-20-10)14-12(17)15(25)23-13(22-14)9-3-4-21-11(18)7-9/h3-4,7,10,20H,5-6,8H2,1-2H3,(H,22,23,25)/t10-/m1/s1. The molecular formula is C16H18ClF2N5O. The Morgan fingerprint density at radius 3 is 2.88 bits per heavy atom. The van der Waals surface area contributed by atoms with Crippen molar-refractivity contribution in [2.45, 2.75) is 25.6 Å². The Hall–Kier alpha value is -2.06. The SMILES string of the molecule is CC(C)(F)[C@H]1CN(c2nc(-c3ccnc(F)c3)[nH]c(=O)c2Cl)CCN1. The molecule has 0 bridgehead atoms. The average Bonchev–Trinajstić information content (AvgIpc) is 2.56. The molecule has 0 spiro atoms. The monoisotopic (exact) mass is 369 g/mol. The fourth-order valence-electron chi connectivity index (χ4n) is 2.75. The van der Waals surface area contributed by atoms with Crippen LogP contribution in [-0.2, 0) is 0 Å². The summed E-state index contributed by atoms with van der Waals surface area (Å²) in [5.74, 6) is -0.244. The molecule has 1 atom stereocenters. The van der Waals surface area contributed by atoms with Crippen LogP contribution in [0.3, 0.4) is 0 Å². The molecule has 1 aliphatic rings. The van der Waals surface area contributed by atoms with E-state index < -0.39 is 23.2 Å². The zero-order chi connectivity index (χ0) is 18.2. The minimum Gasteiger partial charge on any atom is -0.352 e. The molecule has 2 aromatic heterocycles. The van der Waals surface area contributed by atoms with Gasteiger partial charge in [0, 0.05) is 37.5 Å². The molecule has 0 saturated carbocycles. The first-order chi connectivity index (χ1) is 11.8. The number of nitrogens with zero attached hydrogens (tertiary/aromatic N) is 3. The molecule has 0 amide bonds. The van der Waals surface area contributed by atoms with Crippen molar-refractivity contribution < 1.29 is 8.78 Å². The largest absolute Gasteiger partial charge is 0.352 e. The molecule has 1 aliphatic heterocycles. The van der Waals surface area contributed by atoms with Crippen molar-refractivity contribution in [3.8, 4) is 11.4 Å². The van der Waals surface area contributed by atoms with E-state index in [0.29, 0.717) is 25.2 Å². The predicted octanol–water partition coefficient (Wildman–Crippen LogP) is 2.15. The molecule has 0 radical (unpaired) electrons. The average molecular weight is 370 g/mol. The zero-order valence-electron chi connectivity index (χ0n) is 13.8. The third-order valence-corrected chi connectivity index (χ3v) is 4.49. The van der Waals surface area contributed by atoms with Gasteiger partial charge in [-0.1, -0.05) is 11.6 Å². The van der Waals surface area contributed by atoms with Gasteiger partial charge in [0.2, 0.25) is 5.95 Å². The Labute approximate surface area is 148 Å². The van der Waals surface area contributed by atoms with E-state index in [1.54, 1.807) is 4.90 Å². The summed E-state index contributed by atoms with van der Waals surface area (Å²) in [7, 11) is 0. The lowest BCUT2D eigenvalue weighted by Crippen LogP contribution is -2.58. The van der Waals surface area contributed by atoms with Gasteiger partial charge in [0.05, 0.1) is 6.04 Å². The van der Waals surface area contributed by atoms with Crippen molar-refractivity contribution in [1.82, 2.24) is 20.3 Å². The van der Waals surface area contributed by atoms with E-state index in [4.69, 9.17) is 11.6 Å². The number of hydrogen-bond donors (Lipinski definition) is 2. The minimum atomic E-state index is -1.44. The molecule has 3 rings (SSSR count). The highest BCUT2D eigenvalue weighted by atomic mass is 35.5. The van der Waals surface area contributed by atoms with Crippen LogP contribution in [-0.4, -0.2) is 46.3 Å². The number of hydrogen-bond acceptors (Lipinski definition) is 5. The normalized spacial score (nSPS) is 18.4. The summed E-state index contributed by atoms with van der Waals surface area (Å²) in [6.45, 7) is 4.34. The molecule has 2 N–H and O–H groups in total. The second kappa shape index (κ2) is 6.68. The van der Waals surface area contributed by atoms with Gasteiger partial charge >= 0.3 is 0 Å². The van der Waals surface area contributed by atoms with Gasteiger partial charge < -0.3 is 15.2 Å². The van der Waals surface area contributed by atoms with Gasteiger partial charge in [-0.3, -0.25) is 4.79 Å². The molecule has 0 aliphatic carbocycles. The summed E-state index contributed by atoms with van der Waals surface area (Å²) in [5, 5.41) is 3.04. The number of halogens is 3. The molecule has 134 valence electrons. The molecule has 3 heterocycles. The Balaban J connectivity index is 2.00. The Kier molecular flexibility index (Phi) is 4.75. The fourth-order valence-corrected chi connectivity index (χ4v) is 2.95. The Morgan fingerprint density at radius 1 is 1.44 bits per heavy atom. The summed E-state index contributed by atoms with van der Waals surface area (Å²) in [5.41, 5.74) is -1.60. The number of alkyl halides is 1. The van der Waals surface area contributed by atoms with Crippen LogP contribution in [0.5, 0.6) is 0 Å². The Morgan fingerprint density at radius 2 is 2.20 bits per heavy atom. The number of pyridine rings is 1. The maximum absolute atomic E-state index is 14.3. The topological polar surface area (TPSA) is 73.9 Å². The zero-order valence-corrected chi connectivity index (χ0v) is 14.6. The van der Waals surface area contributed by atoms with E-state index in [1.807, 2.05) is 0 Å². The number of anilines is 1. The van der Waals surface area contributed by atoms with E-state index >= 15 is 0 Å². The van der Waals surface area contributed by atoms with Gasteiger partial charge in [0.1, 0.15) is 16.5 Å². The van der Waals surface area contributed by atoms with Crippen LogP contribution in [0, 0.1) is 5.95 Å². The predicted molar refractivity (Wildman–Crippen MR) is 92.2 cm³/mol. The lowest BCUT2D eigenvalue weighted by molar-refractivity contribution is 0.143. The first kappa shape index (κ1) is 17.8. The quantitative estimate of drug-likeness (QED) is 0.811. The maximum atomic E-state index is 14.3. The van der Waals surface area contributed by atoms with E-state index in [-0.39, 0.29) is 16.7 Å². The lowest BCUT2D eigenvalue weighted by Gasteiger charge is -2.39. The summed E-state index contributed by atoms with van der Waals surface area (Å²) < 4.78 is 27.6. The highest BCUT2D eigenvalue weighted by molar-refractivity contribution is 6.32. The first-order valence-corrected chi connectivity index (χ1v) is 8.22. The van der Waals surface area contributed by atoms with Gasteiger partial charge in [0.25, 0.3) is 5.56 Å². The summed E-state index contributed by atoms with van der Waals surface area (Å²) >= 11 is 6.13. The summed E-state index contributed by atoms with van der Waals surface area (Å²) in [6.07, 6.45) is 1.28. The molecule has 9 heteroatoms. The number of H-pyrrole nitrogens is 1. The van der Waals surface area contributed by atoms with Gasteiger partial charge in [-0.15, -0.1) is 0 Å². The number of aromatic amines is 1. The van der Waals surface area contributed by atoms with E-state index in [2.05, 4.69) is 20.3 Å². The second-order valence-corrected chi connectivity index (χ2v) is 6.81. The van der Waals surface area contributed by atoms with Crippen molar-refractivity contribution in [2.24, 2.45) is 0 Å². The van der Waals surface area contributed by atoms with E-state index in [9.17, 15) is 13.6 Å². The van der Waals surface area contributed by atoms with Crippen LogP contribution >= 0.6 is 11.6 Å². The first-order valence-electron chi connectivity index (χ1n) is 7.84. The number of rotatable bonds is 3. The minimum absolute atomic E-state index is 0.0735. The summed E-state index contributed by atoms with van der Waals surface area (Å²) in [6, 6.07) is 2.27. The highest BCUT2D eigenvalue weighted by Crippen LogP contribution is 2.26. The second-order valence-electron chi connectivity index (χ2n) is 6.44. The lowest BCUT2D eigenvalue weighted by atomic mass is 9.98. The van der Waals surface area contributed by atoms with Gasteiger partial charge in [-0.25, -0.2) is 14.4 Å². The molecule has 1 saturated heterocycles. The number of piperazine rings is 1. The summed E-state index contributed by atoms with van der Waals surface area (Å²) in [4.78, 5) is 24.3. The van der Waals surface area contributed by atoms with Crippen molar-refractivity contribution >= 4 is 17.4 Å². The van der Waals surface area contributed by atoms with Crippen LogP contribution in [0.1, 0.15) is 13.8 Å². The molecule has 0 unspecified atom stereocenters. The molecule has 25 heavy (non-hydrogen) atoms. The smallest absolute Gasteiger partial charge is 0.272 e. The van der Waals surface area contributed by atoms with E-state index in [1.165, 1.54) is 32.2 Å². The van der Waals surface area contributed by atoms with Crippen LogP contribution < -0.4 is 15.8 Å². The van der Waals surface area contributed by atoms with Crippen LogP contribution in [0.4, 0.5) is 14.6 Å². The molecule has 6 nitrogen and oxygen atoms in total. The highest BCUT2D eigenvalue weighted by Gasteiger charge is 2.34. The Bertz CT molecular complexity index is 836.